The number of ether oxygens (including phenoxy) is 1. The first-order chi connectivity index (χ1) is 6.63. The Kier molecular flexibility index (Phi) is 3.02. The van der Waals surface area contributed by atoms with Crippen LogP contribution in [0.4, 0.5) is 0 Å². The maximum atomic E-state index is 10.2. The molecule has 0 fully saturated rings. The summed E-state index contributed by atoms with van der Waals surface area (Å²) in [6, 6.07) is 5.07. The van der Waals surface area contributed by atoms with Crippen LogP contribution in [0.15, 0.2) is 12.1 Å². The van der Waals surface area contributed by atoms with Crippen LogP contribution in [0.1, 0.15) is 11.3 Å². The van der Waals surface area contributed by atoms with Crippen LogP contribution in [0, 0.1) is 18.3 Å². The average molecular weight is 192 g/mol. The molecule has 1 aromatic rings. The van der Waals surface area contributed by atoms with Gasteiger partial charge < -0.3 is 9.84 Å². The molecule has 1 aromatic heterocycles. The predicted octanol–water partition coefficient (Wildman–Crippen LogP) is 0.725. The van der Waals surface area contributed by atoms with Gasteiger partial charge in [0.25, 0.3) is 0 Å². The molecule has 0 aliphatic heterocycles. The van der Waals surface area contributed by atoms with E-state index < -0.39 is 12.6 Å². The number of carbonyl (C=O) groups is 1. The molecule has 1 N–H and O–H groups in total. The lowest BCUT2D eigenvalue weighted by Crippen LogP contribution is -2.11. The molecule has 5 nitrogen and oxygen atoms in total. The molecule has 0 saturated carbocycles. The molecule has 1 heterocycles. The number of aryl methyl sites for hydroxylation is 1. The van der Waals surface area contributed by atoms with Crippen molar-refractivity contribution >= 4 is 5.97 Å². The van der Waals surface area contributed by atoms with E-state index in [0.717, 1.165) is 0 Å². The van der Waals surface area contributed by atoms with E-state index in [2.05, 4.69) is 4.98 Å². The smallest absolute Gasteiger partial charge is 0.341 e. The molecular weight excluding hydrogens is 184 g/mol. The number of carboxylic acids is 1. The summed E-state index contributed by atoms with van der Waals surface area (Å²) in [4.78, 5) is 14.1. The van der Waals surface area contributed by atoms with Gasteiger partial charge in [0.05, 0.1) is 0 Å². The van der Waals surface area contributed by atoms with E-state index in [-0.39, 0.29) is 11.4 Å². The van der Waals surface area contributed by atoms with Crippen LogP contribution in [0.25, 0.3) is 0 Å². The Hall–Kier alpha value is -2.09. The van der Waals surface area contributed by atoms with Gasteiger partial charge in [-0.2, -0.15) is 5.26 Å². The standard InChI is InChI=1S/C9H8N2O3/c1-6-2-3-7(4-10)9(11-6)14-5-8(12)13/h2-3H,5H2,1H3,(H,12,13). The van der Waals surface area contributed by atoms with Gasteiger partial charge in [0.1, 0.15) is 11.6 Å². The quantitative estimate of drug-likeness (QED) is 0.763. The molecule has 0 radical (unpaired) electrons. The minimum atomic E-state index is -1.10. The first-order valence-corrected chi connectivity index (χ1v) is 3.86. The van der Waals surface area contributed by atoms with E-state index in [0.29, 0.717) is 5.69 Å². The van der Waals surface area contributed by atoms with E-state index in [9.17, 15) is 4.79 Å². The molecule has 0 spiro atoms. The highest BCUT2D eigenvalue weighted by molar-refractivity contribution is 5.68. The van der Waals surface area contributed by atoms with Crippen LogP contribution in [0.5, 0.6) is 5.88 Å². The lowest BCUT2D eigenvalue weighted by Gasteiger charge is -2.04. The van der Waals surface area contributed by atoms with Gasteiger partial charge in [-0.15, -0.1) is 0 Å². The molecule has 0 unspecified atom stereocenters. The third-order valence-corrected chi connectivity index (χ3v) is 1.45. The minimum absolute atomic E-state index is 0.0647. The van der Waals surface area contributed by atoms with Crippen molar-refractivity contribution in [1.82, 2.24) is 4.98 Å². The number of carboxylic acid groups (broad SMARTS) is 1. The number of hydrogen-bond acceptors (Lipinski definition) is 4. The number of nitriles is 1. The lowest BCUT2D eigenvalue weighted by atomic mass is 10.2. The van der Waals surface area contributed by atoms with Gasteiger partial charge in [-0.3, -0.25) is 0 Å². The third-order valence-electron chi connectivity index (χ3n) is 1.45. The van der Waals surface area contributed by atoms with Gasteiger partial charge in [0.15, 0.2) is 6.61 Å². The van der Waals surface area contributed by atoms with Crippen LogP contribution in [-0.4, -0.2) is 22.7 Å². The maximum absolute atomic E-state index is 10.2. The van der Waals surface area contributed by atoms with Gasteiger partial charge in [0.2, 0.25) is 5.88 Å². The lowest BCUT2D eigenvalue weighted by molar-refractivity contribution is -0.139. The van der Waals surface area contributed by atoms with E-state index >= 15 is 0 Å². The zero-order valence-electron chi connectivity index (χ0n) is 7.52. The topological polar surface area (TPSA) is 83.2 Å². The molecule has 0 saturated heterocycles. The Morgan fingerprint density at radius 3 is 3.00 bits per heavy atom. The Labute approximate surface area is 80.6 Å². The van der Waals surface area contributed by atoms with Crippen molar-refractivity contribution in [2.45, 2.75) is 6.92 Å². The van der Waals surface area contributed by atoms with Gasteiger partial charge >= 0.3 is 5.97 Å². The number of nitrogens with zero attached hydrogens (tertiary/aromatic N) is 2. The average Bonchev–Trinajstić information content (AvgIpc) is 2.15. The van der Waals surface area contributed by atoms with Crippen molar-refractivity contribution in [1.29, 1.82) is 5.26 Å². The molecule has 1 rings (SSSR count). The summed E-state index contributed by atoms with van der Waals surface area (Å²) < 4.78 is 4.84. The highest BCUT2D eigenvalue weighted by Crippen LogP contribution is 2.14. The SMILES string of the molecule is Cc1ccc(C#N)c(OCC(=O)O)n1. The summed E-state index contributed by atoms with van der Waals surface area (Å²) >= 11 is 0. The molecule has 14 heavy (non-hydrogen) atoms. The fourth-order valence-electron chi connectivity index (χ4n) is 0.858. The molecule has 0 aromatic carbocycles. The molecule has 0 bridgehead atoms. The predicted molar refractivity (Wildman–Crippen MR) is 46.8 cm³/mol. The van der Waals surface area contributed by atoms with Crippen molar-refractivity contribution in [2.24, 2.45) is 0 Å². The highest BCUT2D eigenvalue weighted by Gasteiger charge is 2.06. The van der Waals surface area contributed by atoms with E-state index in [1.165, 1.54) is 0 Å². The monoisotopic (exact) mass is 192 g/mol. The van der Waals surface area contributed by atoms with Crippen molar-refractivity contribution < 1.29 is 14.6 Å². The summed E-state index contributed by atoms with van der Waals surface area (Å²) in [7, 11) is 0. The molecule has 72 valence electrons. The van der Waals surface area contributed by atoms with Gasteiger partial charge in [-0.25, -0.2) is 9.78 Å². The number of hydrogen-bond donors (Lipinski definition) is 1. The summed E-state index contributed by atoms with van der Waals surface area (Å²) in [5.41, 5.74) is 0.904. The maximum Gasteiger partial charge on any atom is 0.341 e. The Bertz CT molecular complexity index is 396. The highest BCUT2D eigenvalue weighted by atomic mass is 16.5. The Morgan fingerprint density at radius 2 is 2.43 bits per heavy atom. The fraction of sp³-hybridized carbons (Fsp3) is 0.222. The van der Waals surface area contributed by atoms with E-state index in [1.807, 2.05) is 6.07 Å². The molecular formula is C9H8N2O3. The first-order valence-electron chi connectivity index (χ1n) is 3.86. The number of rotatable bonds is 3. The van der Waals surface area contributed by atoms with Crippen LogP contribution in [0.3, 0.4) is 0 Å². The van der Waals surface area contributed by atoms with Crippen LogP contribution >= 0.6 is 0 Å². The second-order valence-electron chi connectivity index (χ2n) is 2.60. The second kappa shape index (κ2) is 4.23. The normalized spacial score (nSPS) is 9.14. The zero-order chi connectivity index (χ0) is 10.6. The Balaban J connectivity index is 2.89. The third kappa shape index (κ3) is 2.45. The first kappa shape index (κ1) is 9.99. The summed E-state index contributed by atoms with van der Waals surface area (Å²) in [6.07, 6.45) is 0. The zero-order valence-corrected chi connectivity index (χ0v) is 7.52. The summed E-state index contributed by atoms with van der Waals surface area (Å²) in [5.74, 6) is -1.04. The number of aliphatic carboxylic acids is 1. The second-order valence-corrected chi connectivity index (χ2v) is 2.60. The van der Waals surface area contributed by atoms with E-state index in [4.69, 9.17) is 15.1 Å². The van der Waals surface area contributed by atoms with Crippen LogP contribution in [0.2, 0.25) is 0 Å². The summed E-state index contributed by atoms with van der Waals surface area (Å²) in [5, 5.41) is 17.0. The van der Waals surface area contributed by atoms with Gasteiger partial charge in [-0.1, -0.05) is 0 Å². The van der Waals surface area contributed by atoms with Crippen LogP contribution in [-0.2, 0) is 4.79 Å². The fourth-order valence-corrected chi connectivity index (χ4v) is 0.858. The number of pyridine rings is 1. The van der Waals surface area contributed by atoms with E-state index in [1.54, 1.807) is 19.1 Å². The number of aromatic nitrogens is 1. The molecule has 0 atom stereocenters. The molecule has 0 aliphatic rings. The molecule has 5 heteroatoms. The van der Waals surface area contributed by atoms with Gasteiger partial charge in [-0.05, 0) is 19.1 Å². The van der Waals surface area contributed by atoms with Crippen molar-refractivity contribution in [3.63, 3.8) is 0 Å². The van der Waals surface area contributed by atoms with Crippen LogP contribution < -0.4 is 4.74 Å². The van der Waals surface area contributed by atoms with Crippen molar-refractivity contribution in [2.75, 3.05) is 6.61 Å². The Morgan fingerprint density at radius 1 is 1.71 bits per heavy atom. The van der Waals surface area contributed by atoms with Gasteiger partial charge in [0, 0.05) is 5.69 Å². The minimum Gasteiger partial charge on any atom is -0.479 e. The summed E-state index contributed by atoms with van der Waals surface area (Å²) in [6.45, 7) is 1.24. The molecule has 0 amide bonds. The largest absolute Gasteiger partial charge is 0.479 e. The van der Waals surface area contributed by atoms with Crippen molar-refractivity contribution in [3.8, 4) is 11.9 Å². The van der Waals surface area contributed by atoms with Crippen molar-refractivity contribution in [3.05, 3.63) is 23.4 Å². The molecule has 0 aliphatic carbocycles.